The number of aromatic hydroxyl groups is 1. The van der Waals surface area contributed by atoms with Gasteiger partial charge in [-0.1, -0.05) is 6.07 Å². The van der Waals surface area contributed by atoms with Crippen LogP contribution in [-0.2, 0) is 6.54 Å². The molecule has 0 spiro atoms. The Balaban J connectivity index is 1.62. The Bertz CT molecular complexity index is 727. The number of nitrogens with zero attached hydrogens (tertiary/aromatic N) is 3. The summed E-state index contributed by atoms with van der Waals surface area (Å²) in [7, 11) is 2.19. The van der Waals surface area contributed by atoms with Gasteiger partial charge in [-0.3, -0.25) is 9.88 Å². The van der Waals surface area contributed by atoms with Crippen molar-refractivity contribution in [3.05, 3.63) is 42.2 Å². The van der Waals surface area contributed by atoms with Crippen LogP contribution in [0.4, 0.5) is 0 Å². The van der Waals surface area contributed by atoms with Crippen molar-refractivity contribution in [1.82, 2.24) is 14.8 Å². The molecule has 1 aromatic carbocycles. The number of ether oxygens (including phenoxy) is 1. The minimum absolute atomic E-state index is 0.224. The molecule has 4 rings (SSSR count). The van der Waals surface area contributed by atoms with E-state index in [4.69, 9.17) is 4.74 Å². The first-order valence-electron chi connectivity index (χ1n) is 9.02. The number of phenols is 1. The van der Waals surface area contributed by atoms with Gasteiger partial charge in [-0.25, -0.2) is 0 Å². The molecule has 0 saturated carbocycles. The van der Waals surface area contributed by atoms with Crippen LogP contribution in [0.2, 0.25) is 0 Å². The van der Waals surface area contributed by atoms with Gasteiger partial charge in [0.05, 0.1) is 0 Å². The molecule has 0 amide bonds. The average Bonchev–Trinajstić information content (AvgIpc) is 2.86. The van der Waals surface area contributed by atoms with Gasteiger partial charge in [0.2, 0.25) is 0 Å². The van der Waals surface area contributed by atoms with E-state index in [1.807, 2.05) is 18.3 Å². The Labute approximate surface area is 148 Å². The lowest BCUT2D eigenvalue weighted by Gasteiger charge is -2.36. The Kier molecular flexibility index (Phi) is 4.59. The lowest BCUT2D eigenvalue weighted by Crippen LogP contribution is -2.44. The molecule has 1 aromatic heterocycles. The zero-order valence-corrected chi connectivity index (χ0v) is 14.7. The minimum Gasteiger partial charge on any atom is -0.504 e. The van der Waals surface area contributed by atoms with Crippen molar-refractivity contribution >= 4 is 0 Å². The fraction of sp³-hybridized carbons (Fsp3) is 0.450. The molecule has 132 valence electrons. The molecular weight excluding hydrogens is 314 g/mol. The van der Waals surface area contributed by atoms with Crippen LogP contribution in [0.3, 0.4) is 0 Å². The first-order chi connectivity index (χ1) is 12.2. The third-order valence-corrected chi connectivity index (χ3v) is 5.34. The zero-order chi connectivity index (χ0) is 17.2. The van der Waals surface area contributed by atoms with Crippen LogP contribution in [0.25, 0.3) is 11.1 Å². The first kappa shape index (κ1) is 16.4. The van der Waals surface area contributed by atoms with Crippen LogP contribution in [-0.4, -0.2) is 59.2 Å². The SMILES string of the molecule is CN1CCC(N2CCOc3c(O)cc(-c4cccnc4)cc3C2)CC1. The summed E-state index contributed by atoms with van der Waals surface area (Å²) in [5.41, 5.74) is 3.06. The maximum Gasteiger partial charge on any atom is 0.165 e. The number of hydrogen-bond donors (Lipinski definition) is 1. The number of rotatable bonds is 2. The summed E-state index contributed by atoms with van der Waals surface area (Å²) in [6.07, 6.45) is 5.98. The predicted octanol–water partition coefficient (Wildman–Crippen LogP) is 2.74. The number of pyridine rings is 1. The molecule has 5 heteroatoms. The van der Waals surface area contributed by atoms with Gasteiger partial charge in [0, 0.05) is 42.7 Å². The highest BCUT2D eigenvalue weighted by Gasteiger charge is 2.27. The molecule has 1 N–H and O–H groups in total. The summed E-state index contributed by atoms with van der Waals surface area (Å²) in [6.45, 7) is 4.65. The highest BCUT2D eigenvalue weighted by atomic mass is 16.5. The maximum atomic E-state index is 10.5. The van der Waals surface area contributed by atoms with Crippen molar-refractivity contribution < 1.29 is 9.84 Å². The number of piperidine rings is 1. The van der Waals surface area contributed by atoms with Gasteiger partial charge in [0.25, 0.3) is 0 Å². The second-order valence-corrected chi connectivity index (χ2v) is 7.08. The zero-order valence-electron chi connectivity index (χ0n) is 14.7. The van der Waals surface area contributed by atoms with Crippen molar-refractivity contribution in [2.24, 2.45) is 0 Å². The minimum atomic E-state index is 0.224. The van der Waals surface area contributed by atoms with Gasteiger partial charge in [-0.15, -0.1) is 0 Å². The van der Waals surface area contributed by atoms with E-state index < -0.39 is 0 Å². The molecule has 5 nitrogen and oxygen atoms in total. The summed E-state index contributed by atoms with van der Waals surface area (Å²) in [6, 6.07) is 8.44. The fourth-order valence-corrected chi connectivity index (χ4v) is 3.89. The van der Waals surface area contributed by atoms with Crippen molar-refractivity contribution in [3.8, 4) is 22.6 Å². The number of fused-ring (bicyclic) bond motifs is 1. The van der Waals surface area contributed by atoms with Crippen molar-refractivity contribution in [3.63, 3.8) is 0 Å². The lowest BCUT2D eigenvalue weighted by atomic mass is 10.0. The highest BCUT2D eigenvalue weighted by molar-refractivity contribution is 5.68. The summed E-state index contributed by atoms with van der Waals surface area (Å²) in [4.78, 5) is 9.10. The van der Waals surface area contributed by atoms with E-state index in [1.54, 1.807) is 12.3 Å². The molecule has 3 heterocycles. The van der Waals surface area contributed by atoms with E-state index in [0.29, 0.717) is 18.4 Å². The van der Waals surface area contributed by atoms with Crippen LogP contribution in [0.15, 0.2) is 36.7 Å². The van der Waals surface area contributed by atoms with Gasteiger partial charge in [-0.05, 0) is 56.7 Å². The topological polar surface area (TPSA) is 48.8 Å². The Morgan fingerprint density at radius 2 is 2.00 bits per heavy atom. The second-order valence-electron chi connectivity index (χ2n) is 7.08. The highest BCUT2D eigenvalue weighted by Crippen LogP contribution is 2.38. The fourth-order valence-electron chi connectivity index (χ4n) is 3.89. The molecule has 0 bridgehead atoms. The van der Waals surface area contributed by atoms with E-state index in [-0.39, 0.29) is 5.75 Å². The molecule has 0 radical (unpaired) electrons. The van der Waals surface area contributed by atoms with E-state index in [9.17, 15) is 5.11 Å². The van der Waals surface area contributed by atoms with Crippen LogP contribution in [0, 0.1) is 0 Å². The molecule has 1 fully saturated rings. The lowest BCUT2D eigenvalue weighted by molar-refractivity contribution is 0.107. The van der Waals surface area contributed by atoms with Gasteiger partial charge < -0.3 is 14.7 Å². The standard InChI is InChI=1S/C20H25N3O2/c1-22-7-4-18(5-8-22)23-9-10-25-20-17(14-23)11-16(12-19(20)24)15-3-2-6-21-13-15/h2-3,6,11-13,18,24H,4-5,7-10,14H2,1H3. The number of likely N-dealkylation sites (tertiary alicyclic amines) is 1. The van der Waals surface area contributed by atoms with Gasteiger partial charge >= 0.3 is 0 Å². The van der Waals surface area contributed by atoms with Crippen LogP contribution < -0.4 is 4.74 Å². The summed E-state index contributed by atoms with van der Waals surface area (Å²) < 4.78 is 5.89. The molecule has 0 aliphatic carbocycles. The predicted molar refractivity (Wildman–Crippen MR) is 97.8 cm³/mol. The monoisotopic (exact) mass is 339 g/mol. The van der Waals surface area contributed by atoms with E-state index in [0.717, 1.165) is 42.9 Å². The maximum absolute atomic E-state index is 10.5. The Hall–Kier alpha value is -2.11. The molecule has 1 saturated heterocycles. The number of phenolic OH excluding ortho intramolecular Hbond substituents is 1. The van der Waals surface area contributed by atoms with Crippen LogP contribution in [0.1, 0.15) is 18.4 Å². The number of aromatic nitrogens is 1. The van der Waals surface area contributed by atoms with E-state index >= 15 is 0 Å². The van der Waals surface area contributed by atoms with Gasteiger partial charge in [-0.2, -0.15) is 0 Å². The van der Waals surface area contributed by atoms with Gasteiger partial charge in [0.1, 0.15) is 6.61 Å². The quantitative estimate of drug-likeness (QED) is 0.912. The first-order valence-corrected chi connectivity index (χ1v) is 9.02. The van der Waals surface area contributed by atoms with E-state index in [1.165, 1.54) is 12.8 Å². The largest absolute Gasteiger partial charge is 0.504 e. The molecule has 0 atom stereocenters. The third kappa shape index (κ3) is 3.48. The van der Waals surface area contributed by atoms with E-state index in [2.05, 4.69) is 27.9 Å². The Morgan fingerprint density at radius 1 is 1.16 bits per heavy atom. The number of benzene rings is 1. The molecule has 2 aromatic rings. The summed E-state index contributed by atoms with van der Waals surface area (Å²) in [5, 5.41) is 10.5. The van der Waals surface area contributed by atoms with Crippen LogP contribution in [0.5, 0.6) is 11.5 Å². The molecule has 25 heavy (non-hydrogen) atoms. The molecular formula is C20H25N3O2. The summed E-state index contributed by atoms with van der Waals surface area (Å²) in [5.74, 6) is 0.865. The molecule has 2 aliphatic heterocycles. The average molecular weight is 339 g/mol. The third-order valence-electron chi connectivity index (χ3n) is 5.34. The van der Waals surface area contributed by atoms with Crippen molar-refractivity contribution in [1.29, 1.82) is 0 Å². The van der Waals surface area contributed by atoms with Gasteiger partial charge in [0.15, 0.2) is 11.5 Å². The molecule has 0 unspecified atom stereocenters. The smallest absolute Gasteiger partial charge is 0.165 e. The van der Waals surface area contributed by atoms with Crippen LogP contribution >= 0.6 is 0 Å². The second kappa shape index (κ2) is 7.02. The van der Waals surface area contributed by atoms with Crippen molar-refractivity contribution in [2.75, 3.05) is 33.3 Å². The molecule has 2 aliphatic rings. The Morgan fingerprint density at radius 3 is 2.76 bits per heavy atom. The summed E-state index contributed by atoms with van der Waals surface area (Å²) >= 11 is 0. The van der Waals surface area contributed by atoms with Crippen molar-refractivity contribution in [2.45, 2.75) is 25.4 Å². The number of hydrogen-bond acceptors (Lipinski definition) is 5. The normalized spacial score (nSPS) is 19.9.